The maximum absolute atomic E-state index is 12.2. The minimum absolute atomic E-state index is 0.0266. The molecule has 0 aliphatic carbocycles. The van der Waals surface area contributed by atoms with Gasteiger partial charge < -0.3 is 19.5 Å². The van der Waals surface area contributed by atoms with Gasteiger partial charge in [-0.15, -0.1) is 0 Å². The molecule has 1 amide bonds. The summed E-state index contributed by atoms with van der Waals surface area (Å²) in [6.45, 7) is 2.58. The highest BCUT2D eigenvalue weighted by molar-refractivity contribution is 5.81. The molecule has 2 fully saturated rings. The maximum atomic E-state index is 12.2. The Morgan fingerprint density at radius 1 is 1.29 bits per heavy atom. The molecule has 0 saturated carbocycles. The zero-order valence-electron chi connectivity index (χ0n) is 10.1. The van der Waals surface area contributed by atoms with Gasteiger partial charge in [0, 0.05) is 26.3 Å². The van der Waals surface area contributed by atoms with Gasteiger partial charge in [0.15, 0.2) is 0 Å². The van der Waals surface area contributed by atoms with E-state index >= 15 is 0 Å². The third-order valence-electron chi connectivity index (χ3n) is 3.36. The number of morpholine rings is 1. The average Bonchev–Trinajstić information content (AvgIpc) is 2.40. The third-order valence-corrected chi connectivity index (χ3v) is 3.36. The van der Waals surface area contributed by atoms with E-state index in [9.17, 15) is 4.79 Å². The van der Waals surface area contributed by atoms with E-state index in [1.807, 2.05) is 4.90 Å². The van der Waals surface area contributed by atoms with E-state index in [1.54, 1.807) is 0 Å². The van der Waals surface area contributed by atoms with Crippen molar-refractivity contribution in [2.24, 2.45) is 0 Å². The SMILES string of the molecule is O=C(C1CCCCO1)N1CCOC(CCO)C1. The Bertz CT molecular complexity index is 251. The molecule has 2 rings (SSSR count). The second kappa shape index (κ2) is 6.33. The van der Waals surface area contributed by atoms with Crippen molar-refractivity contribution >= 4 is 5.91 Å². The molecule has 0 aromatic carbocycles. The van der Waals surface area contributed by atoms with E-state index in [1.165, 1.54) is 0 Å². The van der Waals surface area contributed by atoms with Crippen LogP contribution in [0.1, 0.15) is 25.7 Å². The molecule has 2 aliphatic heterocycles. The quantitative estimate of drug-likeness (QED) is 0.767. The number of ether oxygens (including phenoxy) is 2. The fraction of sp³-hybridized carbons (Fsp3) is 0.917. The molecule has 0 radical (unpaired) electrons. The van der Waals surface area contributed by atoms with Crippen LogP contribution >= 0.6 is 0 Å². The first-order valence-corrected chi connectivity index (χ1v) is 6.44. The molecule has 2 aliphatic rings. The third kappa shape index (κ3) is 3.40. The fourth-order valence-corrected chi connectivity index (χ4v) is 2.38. The van der Waals surface area contributed by atoms with Crippen molar-refractivity contribution < 1.29 is 19.4 Å². The molecule has 0 spiro atoms. The summed E-state index contributed by atoms with van der Waals surface area (Å²) in [6.07, 6.45) is 3.27. The first-order valence-electron chi connectivity index (χ1n) is 6.44. The minimum Gasteiger partial charge on any atom is -0.396 e. The number of hydrogen-bond acceptors (Lipinski definition) is 4. The number of nitrogens with zero attached hydrogens (tertiary/aromatic N) is 1. The number of hydrogen-bond donors (Lipinski definition) is 1. The summed E-state index contributed by atoms with van der Waals surface area (Å²) in [5.74, 6) is 0.0935. The molecule has 0 aromatic rings. The molecule has 2 unspecified atom stereocenters. The van der Waals surface area contributed by atoms with Crippen molar-refractivity contribution in [2.45, 2.75) is 37.9 Å². The Balaban J connectivity index is 1.85. The summed E-state index contributed by atoms with van der Waals surface area (Å²) >= 11 is 0. The second-order valence-electron chi connectivity index (χ2n) is 4.64. The van der Waals surface area contributed by atoms with Crippen LogP contribution in [0.15, 0.2) is 0 Å². The van der Waals surface area contributed by atoms with Gasteiger partial charge in [-0.1, -0.05) is 0 Å². The van der Waals surface area contributed by atoms with Crippen molar-refractivity contribution in [1.82, 2.24) is 4.90 Å². The first kappa shape index (κ1) is 12.8. The number of amides is 1. The van der Waals surface area contributed by atoms with Crippen LogP contribution in [0, 0.1) is 0 Å². The first-order chi connectivity index (χ1) is 8.31. The number of carbonyl (C=O) groups excluding carboxylic acids is 1. The van der Waals surface area contributed by atoms with E-state index < -0.39 is 0 Å². The van der Waals surface area contributed by atoms with Gasteiger partial charge in [0.2, 0.25) is 0 Å². The summed E-state index contributed by atoms with van der Waals surface area (Å²) in [5.41, 5.74) is 0. The predicted octanol–water partition coefficient (Wildman–Crippen LogP) is 0.165. The molecule has 17 heavy (non-hydrogen) atoms. The van der Waals surface area contributed by atoms with E-state index in [-0.39, 0.29) is 24.7 Å². The van der Waals surface area contributed by atoms with Crippen LogP contribution < -0.4 is 0 Å². The van der Waals surface area contributed by atoms with Gasteiger partial charge in [-0.25, -0.2) is 0 Å². The Labute approximate surface area is 102 Å². The molecule has 2 heterocycles. The van der Waals surface area contributed by atoms with Gasteiger partial charge in [-0.05, 0) is 25.7 Å². The van der Waals surface area contributed by atoms with Crippen molar-refractivity contribution in [1.29, 1.82) is 0 Å². The van der Waals surface area contributed by atoms with E-state index in [2.05, 4.69) is 0 Å². The Morgan fingerprint density at radius 2 is 2.18 bits per heavy atom. The lowest BCUT2D eigenvalue weighted by Gasteiger charge is -2.35. The lowest BCUT2D eigenvalue weighted by molar-refractivity contribution is -0.154. The van der Waals surface area contributed by atoms with Gasteiger partial charge >= 0.3 is 0 Å². The number of rotatable bonds is 3. The summed E-state index contributed by atoms with van der Waals surface area (Å²) in [7, 11) is 0. The topological polar surface area (TPSA) is 59.0 Å². The standard InChI is InChI=1S/C12H21NO4/c14-6-4-10-9-13(5-8-16-10)12(15)11-3-1-2-7-17-11/h10-11,14H,1-9H2. The lowest BCUT2D eigenvalue weighted by atomic mass is 10.1. The van der Waals surface area contributed by atoms with Crippen molar-refractivity contribution in [3.05, 3.63) is 0 Å². The summed E-state index contributed by atoms with van der Waals surface area (Å²) in [4.78, 5) is 14.0. The molecule has 5 heteroatoms. The summed E-state index contributed by atoms with van der Waals surface area (Å²) in [6, 6.07) is 0. The molecule has 0 bridgehead atoms. The van der Waals surface area contributed by atoms with Crippen molar-refractivity contribution in [3.8, 4) is 0 Å². The molecular weight excluding hydrogens is 222 g/mol. The van der Waals surface area contributed by atoms with Gasteiger partial charge in [0.05, 0.1) is 12.7 Å². The number of aliphatic hydroxyl groups is 1. The second-order valence-corrected chi connectivity index (χ2v) is 4.64. The zero-order valence-corrected chi connectivity index (χ0v) is 10.1. The molecule has 0 aromatic heterocycles. The highest BCUT2D eigenvalue weighted by atomic mass is 16.5. The van der Waals surface area contributed by atoms with Crippen LogP contribution in [-0.4, -0.2) is 61.0 Å². The van der Waals surface area contributed by atoms with E-state index in [4.69, 9.17) is 14.6 Å². The van der Waals surface area contributed by atoms with Crippen LogP contribution in [0.4, 0.5) is 0 Å². The smallest absolute Gasteiger partial charge is 0.251 e. The number of aliphatic hydroxyl groups excluding tert-OH is 1. The molecule has 98 valence electrons. The van der Waals surface area contributed by atoms with Crippen LogP contribution in [-0.2, 0) is 14.3 Å². The van der Waals surface area contributed by atoms with Crippen LogP contribution in [0.5, 0.6) is 0 Å². The normalized spacial score (nSPS) is 30.3. The van der Waals surface area contributed by atoms with E-state index in [0.717, 1.165) is 19.3 Å². The van der Waals surface area contributed by atoms with Gasteiger partial charge in [-0.3, -0.25) is 4.79 Å². The highest BCUT2D eigenvalue weighted by Gasteiger charge is 2.30. The molecule has 1 N–H and O–H groups in total. The van der Waals surface area contributed by atoms with Gasteiger partial charge in [-0.2, -0.15) is 0 Å². The Hall–Kier alpha value is -0.650. The minimum atomic E-state index is -0.253. The molecule has 5 nitrogen and oxygen atoms in total. The maximum Gasteiger partial charge on any atom is 0.251 e. The van der Waals surface area contributed by atoms with Crippen LogP contribution in [0.3, 0.4) is 0 Å². The van der Waals surface area contributed by atoms with Gasteiger partial charge in [0.1, 0.15) is 6.10 Å². The summed E-state index contributed by atoms with van der Waals surface area (Å²) < 4.78 is 11.0. The zero-order chi connectivity index (χ0) is 12.1. The molecular formula is C12H21NO4. The summed E-state index contributed by atoms with van der Waals surface area (Å²) in [5, 5.41) is 8.88. The van der Waals surface area contributed by atoms with Crippen molar-refractivity contribution in [2.75, 3.05) is 32.9 Å². The van der Waals surface area contributed by atoms with Gasteiger partial charge in [0.25, 0.3) is 5.91 Å². The van der Waals surface area contributed by atoms with Crippen LogP contribution in [0.2, 0.25) is 0 Å². The molecule has 2 saturated heterocycles. The Kier molecular flexibility index (Phi) is 4.76. The predicted molar refractivity (Wildman–Crippen MR) is 61.6 cm³/mol. The van der Waals surface area contributed by atoms with Crippen molar-refractivity contribution in [3.63, 3.8) is 0 Å². The highest BCUT2D eigenvalue weighted by Crippen LogP contribution is 2.17. The number of carbonyl (C=O) groups is 1. The largest absolute Gasteiger partial charge is 0.396 e. The lowest BCUT2D eigenvalue weighted by Crippen LogP contribution is -2.50. The average molecular weight is 243 g/mol. The van der Waals surface area contributed by atoms with E-state index in [0.29, 0.717) is 32.7 Å². The van der Waals surface area contributed by atoms with Crippen LogP contribution in [0.25, 0.3) is 0 Å². The molecule has 2 atom stereocenters. The monoisotopic (exact) mass is 243 g/mol. The Morgan fingerprint density at radius 3 is 2.88 bits per heavy atom. The fourth-order valence-electron chi connectivity index (χ4n) is 2.38.